The highest BCUT2D eigenvalue weighted by atomic mass is 79.9. The molecule has 0 saturated heterocycles. The van der Waals surface area contributed by atoms with Gasteiger partial charge in [0.2, 0.25) is 5.91 Å². The molecule has 0 fully saturated rings. The molecule has 7 heteroatoms. The van der Waals surface area contributed by atoms with E-state index in [2.05, 4.69) is 21.2 Å². The van der Waals surface area contributed by atoms with Crippen LogP contribution in [0.3, 0.4) is 0 Å². The van der Waals surface area contributed by atoms with Crippen LogP contribution in [-0.4, -0.2) is 10.5 Å². The van der Waals surface area contributed by atoms with Crippen LogP contribution in [0, 0.1) is 0 Å². The van der Waals surface area contributed by atoms with Crippen LogP contribution in [0.4, 0.5) is 0 Å². The fraction of sp³-hybridized carbons (Fsp3) is 0.200. The Morgan fingerprint density at radius 2 is 2.05 bits per heavy atom. The number of halogens is 3. The number of rotatable bonds is 4. The molecule has 1 N–H and O–H groups in total. The van der Waals surface area contributed by atoms with Crippen molar-refractivity contribution in [3.63, 3.8) is 0 Å². The number of amides is 1. The zero-order chi connectivity index (χ0) is 16.3. The summed E-state index contributed by atoms with van der Waals surface area (Å²) >= 11 is 15.2. The van der Waals surface area contributed by atoms with E-state index < -0.39 is 0 Å². The number of carbonyl (C=O) groups is 1. The van der Waals surface area contributed by atoms with Crippen molar-refractivity contribution in [2.75, 3.05) is 0 Å². The Labute approximate surface area is 146 Å². The largest absolute Gasteiger partial charge is 0.348 e. The van der Waals surface area contributed by atoms with E-state index in [-0.39, 0.29) is 24.1 Å². The summed E-state index contributed by atoms with van der Waals surface area (Å²) in [5, 5.41) is 3.83. The molecule has 0 spiro atoms. The van der Waals surface area contributed by atoms with Crippen molar-refractivity contribution in [3.8, 4) is 0 Å². The van der Waals surface area contributed by atoms with Gasteiger partial charge >= 0.3 is 0 Å². The lowest BCUT2D eigenvalue weighted by molar-refractivity contribution is -0.122. The van der Waals surface area contributed by atoms with Gasteiger partial charge in [-0.2, -0.15) is 0 Å². The molecule has 0 aliphatic rings. The van der Waals surface area contributed by atoms with Gasteiger partial charge in [0.05, 0.1) is 6.04 Å². The number of hydrogen-bond acceptors (Lipinski definition) is 2. The van der Waals surface area contributed by atoms with Gasteiger partial charge in [-0.15, -0.1) is 0 Å². The molecule has 4 nitrogen and oxygen atoms in total. The molecule has 1 aromatic heterocycles. The predicted octanol–water partition coefficient (Wildman–Crippen LogP) is 3.80. The molecule has 2 rings (SSSR count). The molecule has 0 aliphatic carbocycles. The van der Waals surface area contributed by atoms with Crippen molar-refractivity contribution in [1.29, 1.82) is 0 Å². The predicted molar refractivity (Wildman–Crippen MR) is 91.4 cm³/mol. The molecule has 2 aromatic rings. The zero-order valence-electron chi connectivity index (χ0n) is 11.6. The first-order valence-electron chi connectivity index (χ1n) is 6.47. The van der Waals surface area contributed by atoms with Crippen molar-refractivity contribution in [3.05, 3.63) is 67.0 Å². The first-order valence-corrected chi connectivity index (χ1v) is 8.02. The minimum absolute atomic E-state index is 0.0617. The highest BCUT2D eigenvalue weighted by molar-refractivity contribution is 9.10. The quantitative estimate of drug-likeness (QED) is 0.844. The van der Waals surface area contributed by atoms with Gasteiger partial charge in [-0.25, -0.2) is 0 Å². The highest BCUT2D eigenvalue weighted by Gasteiger charge is 2.13. The number of carbonyl (C=O) groups excluding carboxylic acids is 1. The van der Waals surface area contributed by atoms with Crippen LogP contribution in [-0.2, 0) is 11.3 Å². The SMILES string of the molecule is CC(NC(=O)Cn1cc(Br)ccc1=O)c1ccc(Cl)cc1Cl. The van der Waals surface area contributed by atoms with E-state index in [1.807, 2.05) is 6.92 Å². The van der Waals surface area contributed by atoms with Gasteiger partial charge < -0.3 is 9.88 Å². The van der Waals surface area contributed by atoms with E-state index >= 15 is 0 Å². The third kappa shape index (κ3) is 4.35. The molecule has 1 heterocycles. The van der Waals surface area contributed by atoms with Gasteiger partial charge in [-0.3, -0.25) is 9.59 Å². The molecular formula is C15H13BrCl2N2O2. The summed E-state index contributed by atoms with van der Waals surface area (Å²) in [5.74, 6) is -0.279. The lowest BCUT2D eigenvalue weighted by Gasteiger charge is -2.16. The van der Waals surface area contributed by atoms with Crippen LogP contribution in [0.2, 0.25) is 10.0 Å². The molecule has 0 aliphatic heterocycles. The fourth-order valence-electron chi connectivity index (χ4n) is 2.00. The number of pyridine rings is 1. The van der Waals surface area contributed by atoms with Crippen LogP contribution >= 0.6 is 39.1 Å². The first kappa shape index (κ1) is 17.1. The Hall–Kier alpha value is -1.30. The Kier molecular flexibility index (Phi) is 5.67. The summed E-state index contributed by atoms with van der Waals surface area (Å²) in [6, 6.07) is 7.84. The number of hydrogen-bond donors (Lipinski definition) is 1. The molecule has 1 aromatic carbocycles. The molecule has 0 bridgehead atoms. The van der Waals surface area contributed by atoms with Crippen LogP contribution in [0.15, 0.2) is 45.8 Å². The monoisotopic (exact) mass is 402 g/mol. The van der Waals surface area contributed by atoms with Crippen LogP contribution < -0.4 is 10.9 Å². The molecule has 0 radical (unpaired) electrons. The zero-order valence-corrected chi connectivity index (χ0v) is 14.7. The van der Waals surface area contributed by atoms with E-state index in [0.717, 1.165) is 10.0 Å². The minimum atomic E-state index is -0.292. The van der Waals surface area contributed by atoms with Crippen molar-refractivity contribution in [1.82, 2.24) is 9.88 Å². The molecule has 1 atom stereocenters. The maximum Gasteiger partial charge on any atom is 0.251 e. The molecule has 0 saturated carbocycles. The Morgan fingerprint density at radius 1 is 1.32 bits per heavy atom. The first-order chi connectivity index (χ1) is 10.4. The van der Waals surface area contributed by atoms with Crippen molar-refractivity contribution < 1.29 is 4.79 Å². The fourth-order valence-corrected chi connectivity index (χ4v) is 2.95. The standard InChI is InChI=1S/C15H13BrCl2N2O2/c1-9(12-4-3-11(17)6-13(12)18)19-14(21)8-20-7-10(16)2-5-15(20)22/h2-7,9H,8H2,1H3,(H,19,21). The van der Waals surface area contributed by atoms with Gasteiger partial charge in [0, 0.05) is 26.8 Å². The third-order valence-corrected chi connectivity index (χ3v) is 4.10. The Balaban J connectivity index is 2.08. The second kappa shape index (κ2) is 7.31. The van der Waals surface area contributed by atoms with E-state index in [0.29, 0.717) is 10.0 Å². The van der Waals surface area contributed by atoms with Gasteiger partial charge in [0.15, 0.2) is 0 Å². The lowest BCUT2D eigenvalue weighted by Crippen LogP contribution is -2.33. The Morgan fingerprint density at radius 3 is 2.73 bits per heavy atom. The second-order valence-electron chi connectivity index (χ2n) is 4.77. The minimum Gasteiger partial charge on any atom is -0.348 e. The second-order valence-corrected chi connectivity index (χ2v) is 6.53. The summed E-state index contributed by atoms with van der Waals surface area (Å²) in [6.45, 7) is 1.75. The summed E-state index contributed by atoms with van der Waals surface area (Å²) in [7, 11) is 0. The number of nitrogens with one attached hydrogen (secondary N) is 1. The van der Waals surface area contributed by atoms with Crippen molar-refractivity contribution in [2.24, 2.45) is 0 Å². The van der Waals surface area contributed by atoms with Crippen molar-refractivity contribution in [2.45, 2.75) is 19.5 Å². The third-order valence-electron chi connectivity index (χ3n) is 3.07. The van der Waals surface area contributed by atoms with Gasteiger partial charge in [0.25, 0.3) is 5.56 Å². The van der Waals surface area contributed by atoms with Crippen LogP contribution in [0.5, 0.6) is 0 Å². The summed E-state index contributed by atoms with van der Waals surface area (Å²) in [6.07, 6.45) is 1.57. The highest BCUT2D eigenvalue weighted by Crippen LogP contribution is 2.26. The average Bonchev–Trinajstić information content (AvgIpc) is 2.42. The van der Waals surface area contributed by atoms with E-state index in [9.17, 15) is 9.59 Å². The summed E-state index contributed by atoms with van der Waals surface area (Å²) in [4.78, 5) is 23.8. The van der Waals surface area contributed by atoms with E-state index in [4.69, 9.17) is 23.2 Å². The number of nitrogens with zero attached hydrogens (tertiary/aromatic N) is 1. The molecule has 22 heavy (non-hydrogen) atoms. The van der Waals surface area contributed by atoms with E-state index in [1.54, 1.807) is 30.5 Å². The van der Waals surface area contributed by atoms with Gasteiger partial charge in [0.1, 0.15) is 6.54 Å². The molecule has 1 amide bonds. The molecular weight excluding hydrogens is 391 g/mol. The average molecular weight is 404 g/mol. The van der Waals surface area contributed by atoms with Crippen LogP contribution in [0.1, 0.15) is 18.5 Å². The van der Waals surface area contributed by atoms with Gasteiger partial charge in [-0.1, -0.05) is 29.3 Å². The van der Waals surface area contributed by atoms with Gasteiger partial charge in [-0.05, 0) is 46.6 Å². The number of benzene rings is 1. The van der Waals surface area contributed by atoms with Crippen molar-refractivity contribution >= 4 is 45.0 Å². The smallest absolute Gasteiger partial charge is 0.251 e. The normalized spacial score (nSPS) is 12.0. The Bertz CT molecular complexity index is 761. The maximum absolute atomic E-state index is 12.1. The molecule has 116 valence electrons. The van der Waals surface area contributed by atoms with Crippen LogP contribution in [0.25, 0.3) is 0 Å². The lowest BCUT2D eigenvalue weighted by atomic mass is 10.1. The maximum atomic E-state index is 12.1. The summed E-state index contributed by atoms with van der Waals surface area (Å²) in [5.41, 5.74) is 0.525. The topological polar surface area (TPSA) is 51.1 Å². The molecule has 1 unspecified atom stereocenters. The van der Waals surface area contributed by atoms with E-state index in [1.165, 1.54) is 10.6 Å². The summed E-state index contributed by atoms with van der Waals surface area (Å²) < 4.78 is 2.06. The number of aromatic nitrogens is 1.